The SMILES string of the molecule is CCOc1cc(CCN2CCNCC2)ccc1NC(=O)C(F)(F)F. The molecule has 0 saturated carbocycles. The lowest BCUT2D eigenvalue weighted by molar-refractivity contribution is -0.167. The molecular weight excluding hydrogens is 323 g/mol. The number of alkyl halides is 3. The molecule has 134 valence electrons. The van der Waals surface area contributed by atoms with Gasteiger partial charge in [0.05, 0.1) is 12.3 Å². The highest BCUT2D eigenvalue weighted by Gasteiger charge is 2.39. The first-order valence-corrected chi connectivity index (χ1v) is 7.97. The Bertz CT molecular complexity index is 558. The minimum atomic E-state index is -4.93. The van der Waals surface area contributed by atoms with Crippen LogP contribution in [-0.4, -0.2) is 56.3 Å². The molecule has 1 aromatic carbocycles. The number of rotatable bonds is 6. The average Bonchev–Trinajstić information content (AvgIpc) is 2.55. The summed E-state index contributed by atoms with van der Waals surface area (Å²) in [5, 5.41) is 5.14. The first-order valence-electron chi connectivity index (χ1n) is 7.97. The van der Waals surface area contributed by atoms with Crippen LogP contribution in [0.4, 0.5) is 18.9 Å². The van der Waals surface area contributed by atoms with Gasteiger partial charge in [0.2, 0.25) is 0 Å². The third-order valence-corrected chi connectivity index (χ3v) is 3.78. The van der Waals surface area contributed by atoms with Crippen LogP contribution in [0.1, 0.15) is 12.5 Å². The summed E-state index contributed by atoms with van der Waals surface area (Å²) < 4.78 is 42.6. The number of carbonyl (C=O) groups excluding carboxylic acids is 1. The van der Waals surface area contributed by atoms with Crippen molar-refractivity contribution in [1.29, 1.82) is 0 Å². The fourth-order valence-corrected chi connectivity index (χ4v) is 2.52. The van der Waals surface area contributed by atoms with Crippen LogP contribution in [0.25, 0.3) is 0 Å². The van der Waals surface area contributed by atoms with Crippen LogP contribution in [0.15, 0.2) is 18.2 Å². The molecule has 0 radical (unpaired) electrons. The Morgan fingerprint density at radius 3 is 2.67 bits per heavy atom. The molecule has 1 heterocycles. The van der Waals surface area contributed by atoms with Crippen LogP contribution < -0.4 is 15.4 Å². The maximum atomic E-state index is 12.4. The van der Waals surface area contributed by atoms with Crippen molar-refractivity contribution in [2.45, 2.75) is 19.5 Å². The van der Waals surface area contributed by atoms with Crippen molar-refractivity contribution in [3.05, 3.63) is 23.8 Å². The Labute approximate surface area is 139 Å². The summed E-state index contributed by atoms with van der Waals surface area (Å²) in [7, 11) is 0. The number of anilines is 1. The number of hydrogen-bond donors (Lipinski definition) is 2. The van der Waals surface area contributed by atoms with Crippen LogP contribution in [-0.2, 0) is 11.2 Å². The van der Waals surface area contributed by atoms with Gasteiger partial charge in [-0.2, -0.15) is 13.2 Å². The summed E-state index contributed by atoms with van der Waals surface area (Å²) in [6, 6.07) is 4.87. The maximum Gasteiger partial charge on any atom is 0.471 e. The van der Waals surface area contributed by atoms with Gasteiger partial charge in [-0.25, -0.2) is 0 Å². The van der Waals surface area contributed by atoms with E-state index >= 15 is 0 Å². The first kappa shape index (κ1) is 18.5. The molecule has 1 saturated heterocycles. The highest BCUT2D eigenvalue weighted by atomic mass is 19.4. The summed E-state index contributed by atoms with van der Waals surface area (Å²) in [6.45, 7) is 6.82. The molecule has 24 heavy (non-hydrogen) atoms. The standard InChI is InChI=1S/C16H22F3N3O2/c1-2-24-14-11-12(5-8-22-9-6-20-7-10-22)3-4-13(14)21-15(23)16(17,18)19/h3-4,11,20H,2,5-10H2,1H3,(H,21,23). The van der Waals surface area contributed by atoms with E-state index in [0.29, 0.717) is 6.61 Å². The predicted molar refractivity (Wildman–Crippen MR) is 85.3 cm³/mol. The zero-order chi connectivity index (χ0) is 17.6. The molecule has 1 aromatic rings. The Hall–Kier alpha value is -1.80. The molecule has 2 N–H and O–H groups in total. The van der Waals surface area contributed by atoms with Crippen molar-refractivity contribution in [2.75, 3.05) is 44.6 Å². The van der Waals surface area contributed by atoms with Crippen LogP contribution in [0.5, 0.6) is 5.75 Å². The number of halogens is 3. The van der Waals surface area contributed by atoms with Crippen molar-refractivity contribution in [3.63, 3.8) is 0 Å². The van der Waals surface area contributed by atoms with Crippen LogP contribution in [0.3, 0.4) is 0 Å². The lowest BCUT2D eigenvalue weighted by atomic mass is 10.1. The molecule has 0 atom stereocenters. The average molecular weight is 345 g/mol. The number of carbonyl (C=O) groups is 1. The number of amides is 1. The summed E-state index contributed by atoms with van der Waals surface area (Å²) in [4.78, 5) is 13.4. The predicted octanol–water partition coefficient (Wildman–Crippen LogP) is 2.03. The highest BCUT2D eigenvalue weighted by Crippen LogP contribution is 2.28. The van der Waals surface area contributed by atoms with Crippen molar-refractivity contribution in [3.8, 4) is 5.75 Å². The number of benzene rings is 1. The summed E-state index contributed by atoms with van der Waals surface area (Å²) >= 11 is 0. The summed E-state index contributed by atoms with van der Waals surface area (Å²) in [5.74, 6) is -1.75. The number of hydrogen-bond acceptors (Lipinski definition) is 4. The topological polar surface area (TPSA) is 53.6 Å². The summed E-state index contributed by atoms with van der Waals surface area (Å²) in [6.07, 6.45) is -4.15. The van der Waals surface area contributed by atoms with Gasteiger partial charge in [0.1, 0.15) is 5.75 Å². The van der Waals surface area contributed by atoms with Gasteiger partial charge >= 0.3 is 12.1 Å². The molecule has 0 spiro atoms. The fraction of sp³-hybridized carbons (Fsp3) is 0.562. The fourth-order valence-electron chi connectivity index (χ4n) is 2.52. The third-order valence-electron chi connectivity index (χ3n) is 3.78. The third kappa shape index (κ3) is 5.38. The normalized spacial score (nSPS) is 16.0. The number of nitrogens with one attached hydrogen (secondary N) is 2. The van der Waals surface area contributed by atoms with Crippen LogP contribution in [0.2, 0.25) is 0 Å². The van der Waals surface area contributed by atoms with E-state index in [4.69, 9.17) is 4.74 Å². The van der Waals surface area contributed by atoms with Crippen molar-refractivity contribution >= 4 is 11.6 Å². The Balaban J connectivity index is 2.03. The molecule has 0 aromatic heterocycles. The number of ether oxygens (including phenoxy) is 1. The lowest BCUT2D eigenvalue weighted by Crippen LogP contribution is -2.44. The molecule has 1 aliphatic heterocycles. The second-order valence-corrected chi connectivity index (χ2v) is 5.56. The monoisotopic (exact) mass is 345 g/mol. The van der Waals surface area contributed by atoms with E-state index in [1.807, 2.05) is 5.32 Å². The van der Waals surface area contributed by atoms with Gasteiger partial charge in [0.25, 0.3) is 0 Å². The van der Waals surface area contributed by atoms with Gasteiger partial charge in [0, 0.05) is 32.7 Å². The first-order chi connectivity index (χ1) is 11.4. The molecule has 1 fully saturated rings. The number of piperazine rings is 1. The summed E-state index contributed by atoms with van der Waals surface area (Å²) in [5.41, 5.74) is 0.993. The molecule has 2 rings (SSSR count). The minimum Gasteiger partial charge on any atom is -0.492 e. The van der Waals surface area contributed by atoms with Gasteiger partial charge in [0.15, 0.2) is 0 Å². The molecule has 5 nitrogen and oxygen atoms in total. The van der Waals surface area contributed by atoms with E-state index in [-0.39, 0.29) is 11.4 Å². The van der Waals surface area contributed by atoms with Gasteiger partial charge < -0.3 is 20.3 Å². The van der Waals surface area contributed by atoms with Crippen LogP contribution >= 0.6 is 0 Å². The molecule has 0 unspecified atom stereocenters. The van der Waals surface area contributed by atoms with Gasteiger partial charge in [-0.3, -0.25) is 4.79 Å². The smallest absolute Gasteiger partial charge is 0.471 e. The minimum absolute atomic E-state index is 0.0325. The molecule has 1 aliphatic rings. The second kappa shape index (κ2) is 8.34. The van der Waals surface area contributed by atoms with Crippen molar-refractivity contribution in [2.24, 2.45) is 0 Å². The second-order valence-electron chi connectivity index (χ2n) is 5.56. The van der Waals surface area contributed by atoms with E-state index in [9.17, 15) is 18.0 Å². The molecule has 0 bridgehead atoms. The van der Waals surface area contributed by atoms with Crippen LogP contribution in [0, 0.1) is 0 Å². The van der Waals surface area contributed by atoms with Crippen molar-refractivity contribution < 1.29 is 22.7 Å². The Kier molecular flexibility index (Phi) is 6.44. The number of nitrogens with zero attached hydrogens (tertiary/aromatic N) is 1. The van der Waals surface area contributed by atoms with E-state index in [1.165, 1.54) is 6.07 Å². The van der Waals surface area contributed by atoms with E-state index in [1.54, 1.807) is 19.1 Å². The van der Waals surface area contributed by atoms with E-state index in [2.05, 4.69) is 10.2 Å². The molecule has 1 amide bonds. The largest absolute Gasteiger partial charge is 0.492 e. The lowest BCUT2D eigenvalue weighted by Gasteiger charge is -2.27. The van der Waals surface area contributed by atoms with Crippen molar-refractivity contribution in [1.82, 2.24) is 10.2 Å². The van der Waals surface area contributed by atoms with E-state index < -0.39 is 12.1 Å². The van der Waals surface area contributed by atoms with E-state index in [0.717, 1.165) is 44.7 Å². The molecule has 8 heteroatoms. The van der Waals surface area contributed by atoms with Gasteiger partial charge in [-0.05, 0) is 31.0 Å². The maximum absolute atomic E-state index is 12.4. The molecule has 0 aliphatic carbocycles. The van der Waals surface area contributed by atoms with Gasteiger partial charge in [-0.1, -0.05) is 6.07 Å². The Morgan fingerprint density at radius 1 is 1.33 bits per heavy atom. The highest BCUT2D eigenvalue weighted by molar-refractivity contribution is 5.96. The zero-order valence-corrected chi connectivity index (χ0v) is 13.6. The Morgan fingerprint density at radius 2 is 2.04 bits per heavy atom. The van der Waals surface area contributed by atoms with Gasteiger partial charge in [-0.15, -0.1) is 0 Å². The zero-order valence-electron chi connectivity index (χ0n) is 13.6. The molecular formula is C16H22F3N3O2. The quantitative estimate of drug-likeness (QED) is 0.828.